The molecule has 0 unspecified atom stereocenters. The molecule has 0 amide bonds. The first-order valence-corrected chi connectivity index (χ1v) is 6.72. The number of carboxylic acid groups (broad SMARTS) is 1. The number of carbonyl (C=O) groups is 1. The van der Waals surface area contributed by atoms with E-state index < -0.39 is 21.7 Å². The van der Waals surface area contributed by atoms with Gasteiger partial charge in [0.2, 0.25) is 10.0 Å². The molecule has 94 valence electrons. The number of rotatable bonds is 6. The van der Waals surface area contributed by atoms with E-state index in [-0.39, 0.29) is 6.54 Å². The Morgan fingerprint density at radius 3 is 2.41 bits per heavy atom. The molecule has 17 heavy (non-hydrogen) atoms. The summed E-state index contributed by atoms with van der Waals surface area (Å²) >= 11 is 0. The monoisotopic (exact) mass is 257 g/mol. The molecule has 0 fully saturated rings. The highest BCUT2D eigenvalue weighted by atomic mass is 32.2. The summed E-state index contributed by atoms with van der Waals surface area (Å²) in [7, 11) is -2.31. The SMILES string of the molecule is CN(CCc1ccccc1)S(=O)(=O)CC(=O)O. The van der Waals surface area contributed by atoms with Crippen molar-refractivity contribution in [2.75, 3.05) is 19.3 Å². The molecule has 0 atom stereocenters. The number of sulfonamides is 1. The Kier molecular flexibility index (Phi) is 4.65. The first kappa shape index (κ1) is 13.7. The van der Waals surface area contributed by atoms with Crippen molar-refractivity contribution in [3.8, 4) is 0 Å². The molecule has 0 radical (unpaired) electrons. The van der Waals surface area contributed by atoms with Crippen LogP contribution in [0.5, 0.6) is 0 Å². The minimum absolute atomic E-state index is 0.277. The van der Waals surface area contributed by atoms with Crippen molar-refractivity contribution >= 4 is 16.0 Å². The van der Waals surface area contributed by atoms with Crippen molar-refractivity contribution in [3.63, 3.8) is 0 Å². The minimum atomic E-state index is -3.70. The highest BCUT2D eigenvalue weighted by molar-refractivity contribution is 7.89. The van der Waals surface area contributed by atoms with E-state index in [1.807, 2.05) is 30.3 Å². The Morgan fingerprint density at radius 2 is 1.88 bits per heavy atom. The average molecular weight is 257 g/mol. The molecule has 1 aromatic carbocycles. The zero-order valence-electron chi connectivity index (χ0n) is 9.54. The van der Waals surface area contributed by atoms with E-state index in [1.54, 1.807) is 0 Å². The molecule has 0 saturated carbocycles. The second-order valence-electron chi connectivity index (χ2n) is 3.71. The lowest BCUT2D eigenvalue weighted by Gasteiger charge is -2.15. The Bertz CT molecular complexity index is 470. The predicted octanol–water partition coefficient (Wildman–Crippen LogP) is 0.575. The van der Waals surface area contributed by atoms with Gasteiger partial charge in [-0.15, -0.1) is 0 Å². The summed E-state index contributed by atoms with van der Waals surface area (Å²) < 4.78 is 24.1. The van der Waals surface area contributed by atoms with Crippen LogP contribution in [0.1, 0.15) is 5.56 Å². The lowest BCUT2D eigenvalue weighted by Crippen LogP contribution is -2.33. The molecule has 6 heteroatoms. The molecular weight excluding hydrogens is 242 g/mol. The zero-order chi connectivity index (χ0) is 12.9. The van der Waals surface area contributed by atoms with E-state index in [0.29, 0.717) is 6.42 Å². The third-order valence-corrected chi connectivity index (χ3v) is 4.08. The van der Waals surface area contributed by atoms with E-state index in [4.69, 9.17) is 5.11 Å². The van der Waals surface area contributed by atoms with Crippen LogP contribution in [-0.4, -0.2) is 43.1 Å². The number of hydrogen-bond donors (Lipinski definition) is 1. The molecule has 1 aromatic rings. The molecule has 0 spiro atoms. The molecule has 0 saturated heterocycles. The maximum absolute atomic E-state index is 11.5. The summed E-state index contributed by atoms with van der Waals surface area (Å²) in [5.74, 6) is -2.20. The van der Waals surface area contributed by atoms with Gasteiger partial charge in [0.05, 0.1) is 0 Å². The standard InChI is InChI=1S/C11H15NO4S/c1-12(17(15,16)9-11(13)14)8-7-10-5-3-2-4-6-10/h2-6H,7-9H2,1H3,(H,13,14). The topological polar surface area (TPSA) is 74.7 Å². The van der Waals surface area contributed by atoms with Crippen LogP contribution in [0.25, 0.3) is 0 Å². The van der Waals surface area contributed by atoms with Crippen LogP contribution >= 0.6 is 0 Å². The van der Waals surface area contributed by atoms with E-state index in [2.05, 4.69) is 0 Å². The molecule has 0 aromatic heterocycles. The van der Waals surface area contributed by atoms with Crippen LogP contribution in [0.2, 0.25) is 0 Å². The molecule has 0 heterocycles. The molecule has 5 nitrogen and oxygen atoms in total. The lowest BCUT2D eigenvalue weighted by atomic mass is 10.2. The predicted molar refractivity (Wildman–Crippen MR) is 64.2 cm³/mol. The van der Waals surface area contributed by atoms with Crippen molar-refractivity contribution in [2.45, 2.75) is 6.42 Å². The molecule has 0 aliphatic rings. The molecule has 0 bridgehead atoms. The normalized spacial score (nSPS) is 11.6. The molecule has 0 aliphatic heterocycles. The van der Waals surface area contributed by atoms with Crippen LogP contribution in [0.4, 0.5) is 0 Å². The number of benzene rings is 1. The van der Waals surface area contributed by atoms with Gasteiger partial charge in [0.1, 0.15) is 0 Å². The summed E-state index contributed by atoms with van der Waals surface area (Å²) in [6, 6.07) is 9.44. The van der Waals surface area contributed by atoms with Crippen LogP contribution in [0, 0.1) is 0 Å². The Hall–Kier alpha value is -1.40. The van der Waals surface area contributed by atoms with Gasteiger partial charge in [-0.2, -0.15) is 0 Å². The quantitative estimate of drug-likeness (QED) is 0.808. The van der Waals surface area contributed by atoms with E-state index in [9.17, 15) is 13.2 Å². The van der Waals surface area contributed by atoms with Crippen LogP contribution in [-0.2, 0) is 21.2 Å². The Balaban J connectivity index is 2.55. The average Bonchev–Trinajstić information content (AvgIpc) is 2.25. The Morgan fingerprint density at radius 1 is 1.29 bits per heavy atom. The number of nitrogens with zero attached hydrogens (tertiary/aromatic N) is 1. The van der Waals surface area contributed by atoms with Crippen LogP contribution in [0.3, 0.4) is 0 Å². The molecule has 1 N–H and O–H groups in total. The lowest BCUT2D eigenvalue weighted by molar-refractivity contribution is -0.134. The van der Waals surface area contributed by atoms with Gasteiger partial charge in [0, 0.05) is 13.6 Å². The van der Waals surface area contributed by atoms with Crippen molar-refractivity contribution in [1.29, 1.82) is 0 Å². The van der Waals surface area contributed by atoms with Crippen molar-refractivity contribution in [1.82, 2.24) is 4.31 Å². The molecular formula is C11H15NO4S. The summed E-state index contributed by atoms with van der Waals surface area (Å²) in [6.07, 6.45) is 0.566. The maximum Gasteiger partial charge on any atom is 0.320 e. The highest BCUT2D eigenvalue weighted by Gasteiger charge is 2.21. The largest absolute Gasteiger partial charge is 0.480 e. The summed E-state index contributed by atoms with van der Waals surface area (Å²) in [4.78, 5) is 10.4. The van der Waals surface area contributed by atoms with Crippen molar-refractivity contribution in [2.24, 2.45) is 0 Å². The van der Waals surface area contributed by atoms with E-state index in [1.165, 1.54) is 7.05 Å². The van der Waals surface area contributed by atoms with Gasteiger partial charge in [-0.3, -0.25) is 4.79 Å². The van der Waals surface area contributed by atoms with Crippen LogP contribution in [0.15, 0.2) is 30.3 Å². The van der Waals surface area contributed by atoms with Gasteiger partial charge in [-0.05, 0) is 12.0 Å². The number of carboxylic acids is 1. The zero-order valence-corrected chi connectivity index (χ0v) is 10.4. The van der Waals surface area contributed by atoms with Gasteiger partial charge in [0.15, 0.2) is 5.75 Å². The third kappa shape index (κ3) is 4.54. The minimum Gasteiger partial charge on any atom is -0.480 e. The summed E-state index contributed by atoms with van der Waals surface area (Å²) in [5, 5.41) is 8.48. The van der Waals surface area contributed by atoms with Crippen LogP contribution < -0.4 is 0 Å². The van der Waals surface area contributed by atoms with Gasteiger partial charge in [-0.1, -0.05) is 30.3 Å². The fraction of sp³-hybridized carbons (Fsp3) is 0.364. The smallest absolute Gasteiger partial charge is 0.320 e. The van der Waals surface area contributed by atoms with Gasteiger partial charge >= 0.3 is 5.97 Å². The Labute approximate surface area is 101 Å². The molecule has 1 rings (SSSR count). The summed E-state index contributed by atoms with van der Waals surface area (Å²) in [6.45, 7) is 0.277. The van der Waals surface area contributed by atoms with E-state index in [0.717, 1.165) is 9.87 Å². The number of likely N-dealkylation sites (N-methyl/N-ethyl adjacent to an activating group) is 1. The summed E-state index contributed by atoms with van der Waals surface area (Å²) in [5.41, 5.74) is 1.02. The first-order valence-electron chi connectivity index (χ1n) is 5.11. The second kappa shape index (κ2) is 5.79. The molecule has 0 aliphatic carbocycles. The van der Waals surface area contributed by atoms with Crippen molar-refractivity contribution in [3.05, 3.63) is 35.9 Å². The fourth-order valence-electron chi connectivity index (χ4n) is 1.34. The van der Waals surface area contributed by atoms with Gasteiger partial charge in [-0.25, -0.2) is 12.7 Å². The number of hydrogen-bond acceptors (Lipinski definition) is 3. The van der Waals surface area contributed by atoms with Gasteiger partial charge < -0.3 is 5.11 Å². The third-order valence-electron chi connectivity index (χ3n) is 2.34. The maximum atomic E-state index is 11.5. The number of aliphatic carboxylic acids is 1. The highest BCUT2D eigenvalue weighted by Crippen LogP contribution is 2.04. The fourth-order valence-corrected chi connectivity index (χ4v) is 2.24. The first-order chi connectivity index (χ1) is 7.92. The van der Waals surface area contributed by atoms with E-state index >= 15 is 0 Å². The second-order valence-corrected chi connectivity index (χ2v) is 5.78. The van der Waals surface area contributed by atoms with Gasteiger partial charge in [0.25, 0.3) is 0 Å². The van der Waals surface area contributed by atoms with Crippen molar-refractivity contribution < 1.29 is 18.3 Å².